The van der Waals surface area contributed by atoms with E-state index < -0.39 is 0 Å². The molecule has 2 aromatic rings. The van der Waals surface area contributed by atoms with E-state index in [2.05, 4.69) is 15.2 Å². The number of ether oxygens (including phenoxy) is 3. The second-order valence-corrected chi connectivity index (χ2v) is 5.47. The van der Waals surface area contributed by atoms with Crippen LogP contribution >= 0.6 is 11.6 Å². The molecule has 0 aliphatic carbocycles. The summed E-state index contributed by atoms with van der Waals surface area (Å²) in [4.78, 5) is 4.18. The van der Waals surface area contributed by atoms with Crippen molar-refractivity contribution in [3.63, 3.8) is 0 Å². The molecule has 1 saturated heterocycles. The Bertz CT molecular complexity index is 626. The molecular formula is C15H18ClN3O3. The standard InChI is InChI=1S/C15H18ClN3O3/c1-20-9-22-13-6-10(7-17-15(13)16)11-8-18-19-14(11)12-4-2-3-5-21-12/h6-8,12H,2-5,9H2,1H3,(H,18,19). The van der Waals surface area contributed by atoms with Crippen LogP contribution in [0.15, 0.2) is 18.5 Å². The maximum atomic E-state index is 6.04. The van der Waals surface area contributed by atoms with Gasteiger partial charge in [0.25, 0.3) is 0 Å². The fourth-order valence-electron chi connectivity index (χ4n) is 2.54. The van der Waals surface area contributed by atoms with Crippen LogP contribution in [-0.4, -0.2) is 35.7 Å². The fraction of sp³-hybridized carbons (Fsp3) is 0.467. The molecule has 22 heavy (non-hydrogen) atoms. The summed E-state index contributed by atoms with van der Waals surface area (Å²) in [5, 5.41) is 7.51. The summed E-state index contributed by atoms with van der Waals surface area (Å²) in [6.45, 7) is 0.902. The average Bonchev–Trinajstić information content (AvgIpc) is 3.04. The molecule has 1 aliphatic rings. The molecule has 0 amide bonds. The first-order chi connectivity index (χ1) is 10.8. The first-order valence-electron chi connectivity index (χ1n) is 7.22. The second kappa shape index (κ2) is 7.09. The molecule has 3 rings (SSSR count). The summed E-state index contributed by atoms with van der Waals surface area (Å²) >= 11 is 6.04. The predicted octanol–water partition coefficient (Wildman–Crippen LogP) is 3.35. The van der Waals surface area contributed by atoms with Gasteiger partial charge >= 0.3 is 0 Å². The van der Waals surface area contributed by atoms with Crippen molar-refractivity contribution in [3.05, 3.63) is 29.3 Å². The van der Waals surface area contributed by atoms with Crippen LogP contribution in [0.1, 0.15) is 31.1 Å². The minimum absolute atomic E-state index is 0.0465. The number of aromatic amines is 1. The molecule has 1 aliphatic heterocycles. The van der Waals surface area contributed by atoms with Gasteiger partial charge in [0.2, 0.25) is 0 Å². The smallest absolute Gasteiger partial charge is 0.188 e. The molecular weight excluding hydrogens is 306 g/mol. The predicted molar refractivity (Wildman–Crippen MR) is 81.9 cm³/mol. The lowest BCUT2D eigenvalue weighted by atomic mass is 10.0. The van der Waals surface area contributed by atoms with E-state index in [0.717, 1.165) is 42.7 Å². The summed E-state index contributed by atoms with van der Waals surface area (Å²) in [5.41, 5.74) is 2.81. The van der Waals surface area contributed by atoms with Crippen LogP contribution < -0.4 is 4.74 Å². The van der Waals surface area contributed by atoms with Crippen molar-refractivity contribution >= 4 is 11.6 Å². The van der Waals surface area contributed by atoms with Crippen molar-refractivity contribution in [2.24, 2.45) is 0 Å². The molecule has 0 radical (unpaired) electrons. The van der Waals surface area contributed by atoms with Crippen LogP contribution in [0.4, 0.5) is 0 Å². The highest BCUT2D eigenvalue weighted by molar-refractivity contribution is 6.30. The highest BCUT2D eigenvalue weighted by atomic mass is 35.5. The van der Waals surface area contributed by atoms with Gasteiger partial charge in [-0.1, -0.05) is 11.6 Å². The van der Waals surface area contributed by atoms with Gasteiger partial charge in [-0.3, -0.25) is 5.10 Å². The van der Waals surface area contributed by atoms with E-state index in [4.69, 9.17) is 25.8 Å². The van der Waals surface area contributed by atoms with Crippen LogP contribution in [0.25, 0.3) is 11.1 Å². The molecule has 3 heterocycles. The van der Waals surface area contributed by atoms with Crippen molar-refractivity contribution < 1.29 is 14.2 Å². The van der Waals surface area contributed by atoms with Gasteiger partial charge < -0.3 is 14.2 Å². The molecule has 0 aromatic carbocycles. The first-order valence-corrected chi connectivity index (χ1v) is 7.60. The zero-order valence-corrected chi connectivity index (χ0v) is 13.1. The van der Waals surface area contributed by atoms with E-state index in [9.17, 15) is 0 Å². The van der Waals surface area contributed by atoms with Crippen molar-refractivity contribution in [2.45, 2.75) is 25.4 Å². The molecule has 6 nitrogen and oxygen atoms in total. The quantitative estimate of drug-likeness (QED) is 0.675. The van der Waals surface area contributed by atoms with E-state index >= 15 is 0 Å². The molecule has 1 fully saturated rings. The summed E-state index contributed by atoms with van der Waals surface area (Å²) in [5.74, 6) is 0.484. The third-order valence-corrected chi connectivity index (χ3v) is 3.90. The number of hydrogen-bond acceptors (Lipinski definition) is 5. The van der Waals surface area contributed by atoms with Crippen LogP contribution in [-0.2, 0) is 9.47 Å². The van der Waals surface area contributed by atoms with Crippen LogP contribution in [0.3, 0.4) is 0 Å². The summed E-state index contributed by atoms with van der Waals surface area (Å²) in [7, 11) is 1.56. The zero-order valence-electron chi connectivity index (χ0n) is 12.3. The highest BCUT2D eigenvalue weighted by Crippen LogP contribution is 2.35. The summed E-state index contributed by atoms with van der Waals surface area (Å²) in [6, 6.07) is 1.84. The third-order valence-electron chi connectivity index (χ3n) is 3.62. The highest BCUT2D eigenvalue weighted by Gasteiger charge is 2.22. The van der Waals surface area contributed by atoms with Gasteiger partial charge in [0.15, 0.2) is 17.7 Å². The number of hydrogen-bond donors (Lipinski definition) is 1. The van der Waals surface area contributed by atoms with Gasteiger partial charge in [-0.2, -0.15) is 5.10 Å². The molecule has 118 valence electrons. The van der Waals surface area contributed by atoms with Gasteiger partial charge in [0, 0.05) is 31.0 Å². The lowest BCUT2D eigenvalue weighted by Gasteiger charge is -2.22. The van der Waals surface area contributed by atoms with E-state index in [0.29, 0.717) is 10.9 Å². The van der Waals surface area contributed by atoms with Crippen LogP contribution in [0.2, 0.25) is 5.15 Å². The fourth-order valence-corrected chi connectivity index (χ4v) is 2.70. The SMILES string of the molecule is COCOc1cc(-c2cn[nH]c2C2CCCCO2)cnc1Cl. The average molecular weight is 324 g/mol. The zero-order chi connectivity index (χ0) is 15.4. The minimum Gasteiger partial charge on any atom is -0.464 e. The minimum atomic E-state index is 0.0465. The van der Waals surface area contributed by atoms with Crippen LogP contribution in [0, 0.1) is 0 Å². The number of nitrogens with one attached hydrogen (secondary N) is 1. The molecule has 1 N–H and O–H groups in total. The Morgan fingerprint density at radius 1 is 1.41 bits per heavy atom. The number of H-pyrrole nitrogens is 1. The number of halogens is 1. The normalized spacial score (nSPS) is 18.4. The number of rotatable bonds is 5. The molecule has 1 unspecified atom stereocenters. The van der Waals surface area contributed by atoms with Crippen molar-refractivity contribution in [1.29, 1.82) is 0 Å². The van der Waals surface area contributed by atoms with E-state index in [1.165, 1.54) is 0 Å². The number of aromatic nitrogens is 3. The van der Waals surface area contributed by atoms with E-state index in [1.807, 2.05) is 6.07 Å². The Balaban J connectivity index is 1.89. The Kier molecular flexibility index (Phi) is 4.92. The molecule has 0 saturated carbocycles. The second-order valence-electron chi connectivity index (χ2n) is 5.12. The van der Waals surface area contributed by atoms with Crippen molar-refractivity contribution in [3.8, 4) is 16.9 Å². The molecule has 2 aromatic heterocycles. The van der Waals surface area contributed by atoms with Gasteiger partial charge in [-0.25, -0.2) is 4.98 Å². The summed E-state index contributed by atoms with van der Waals surface area (Å²) < 4.78 is 16.2. The monoisotopic (exact) mass is 323 g/mol. The summed E-state index contributed by atoms with van der Waals surface area (Å²) in [6.07, 6.45) is 6.79. The lowest BCUT2D eigenvalue weighted by Crippen LogP contribution is -2.12. The number of pyridine rings is 1. The molecule has 0 spiro atoms. The lowest BCUT2D eigenvalue weighted by molar-refractivity contribution is 0.0126. The van der Waals surface area contributed by atoms with Gasteiger partial charge in [-0.05, 0) is 25.3 Å². The number of nitrogens with zero attached hydrogens (tertiary/aromatic N) is 2. The Morgan fingerprint density at radius 2 is 2.32 bits per heavy atom. The third kappa shape index (κ3) is 3.24. The van der Waals surface area contributed by atoms with Crippen molar-refractivity contribution in [2.75, 3.05) is 20.5 Å². The van der Waals surface area contributed by atoms with Crippen molar-refractivity contribution in [1.82, 2.24) is 15.2 Å². The maximum absolute atomic E-state index is 6.04. The van der Waals surface area contributed by atoms with Gasteiger partial charge in [0.05, 0.1) is 18.0 Å². The van der Waals surface area contributed by atoms with Crippen LogP contribution in [0.5, 0.6) is 5.75 Å². The first kappa shape index (κ1) is 15.3. The molecule has 0 bridgehead atoms. The van der Waals surface area contributed by atoms with Gasteiger partial charge in [0.1, 0.15) is 0 Å². The number of methoxy groups -OCH3 is 1. The molecule has 1 atom stereocenters. The molecule has 7 heteroatoms. The Morgan fingerprint density at radius 3 is 3.09 bits per heavy atom. The topological polar surface area (TPSA) is 69.3 Å². The van der Waals surface area contributed by atoms with E-state index in [-0.39, 0.29) is 12.9 Å². The Hall–Kier alpha value is -1.63. The maximum Gasteiger partial charge on any atom is 0.188 e. The van der Waals surface area contributed by atoms with E-state index in [1.54, 1.807) is 19.5 Å². The largest absolute Gasteiger partial charge is 0.464 e. The Labute approximate surface area is 133 Å². The van der Waals surface area contributed by atoms with Gasteiger partial charge in [-0.15, -0.1) is 0 Å².